The quantitative estimate of drug-likeness (QED) is 0.537. The highest BCUT2D eigenvalue weighted by atomic mass is 79.9. The van der Waals surface area contributed by atoms with Crippen LogP contribution >= 0.6 is 15.9 Å². The van der Waals surface area contributed by atoms with Crippen molar-refractivity contribution in [3.8, 4) is 0 Å². The van der Waals surface area contributed by atoms with Crippen molar-refractivity contribution in [2.45, 2.75) is 6.18 Å². The van der Waals surface area contributed by atoms with Crippen molar-refractivity contribution in [3.05, 3.63) is 64.3 Å². The van der Waals surface area contributed by atoms with Crippen LogP contribution in [0.15, 0.2) is 57.4 Å². The zero-order chi connectivity index (χ0) is 19.9. The Balaban J connectivity index is 1.46. The maximum Gasteiger partial charge on any atom is 0.416 e. The third-order valence-electron chi connectivity index (χ3n) is 4.81. The number of carbonyl (C=O) groups is 1. The summed E-state index contributed by atoms with van der Waals surface area (Å²) in [6, 6.07) is 12.5. The highest BCUT2D eigenvalue weighted by Gasteiger charge is 2.31. The van der Waals surface area contributed by atoms with Gasteiger partial charge in [0.05, 0.1) is 10.0 Å². The van der Waals surface area contributed by atoms with Crippen LogP contribution in [0.1, 0.15) is 16.1 Å². The Kier molecular flexibility index (Phi) is 4.82. The van der Waals surface area contributed by atoms with Gasteiger partial charge in [-0.2, -0.15) is 13.2 Å². The van der Waals surface area contributed by atoms with Gasteiger partial charge in [-0.3, -0.25) is 4.79 Å². The number of anilines is 1. The van der Waals surface area contributed by atoms with Crippen molar-refractivity contribution in [1.29, 1.82) is 0 Å². The highest BCUT2D eigenvalue weighted by Crippen LogP contribution is 2.32. The number of carbonyl (C=O) groups excluding carboxylic acids is 1. The van der Waals surface area contributed by atoms with Crippen molar-refractivity contribution in [1.82, 2.24) is 4.90 Å². The van der Waals surface area contributed by atoms with E-state index in [0.717, 1.165) is 22.0 Å². The minimum atomic E-state index is -4.37. The third-order valence-corrected chi connectivity index (χ3v) is 5.44. The van der Waals surface area contributed by atoms with Crippen LogP contribution in [-0.2, 0) is 6.18 Å². The lowest BCUT2D eigenvalue weighted by molar-refractivity contribution is -0.137. The van der Waals surface area contributed by atoms with E-state index >= 15 is 0 Å². The second-order valence-electron chi connectivity index (χ2n) is 6.60. The predicted molar refractivity (Wildman–Crippen MR) is 103 cm³/mol. The highest BCUT2D eigenvalue weighted by molar-refractivity contribution is 9.10. The minimum absolute atomic E-state index is 0.216. The molecule has 1 saturated heterocycles. The van der Waals surface area contributed by atoms with E-state index in [-0.39, 0.29) is 11.7 Å². The number of amides is 1. The number of hydrogen-bond donors (Lipinski definition) is 0. The van der Waals surface area contributed by atoms with E-state index in [2.05, 4.69) is 15.9 Å². The summed E-state index contributed by atoms with van der Waals surface area (Å²) in [6.07, 6.45) is -4.37. The van der Waals surface area contributed by atoms with Gasteiger partial charge in [-0.15, -0.1) is 0 Å². The zero-order valence-electron chi connectivity index (χ0n) is 14.7. The van der Waals surface area contributed by atoms with Crippen LogP contribution in [0.4, 0.5) is 18.9 Å². The summed E-state index contributed by atoms with van der Waals surface area (Å²) in [7, 11) is 0. The first-order valence-electron chi connectivity index (χ1n) is 8.72. The summed E-state index contributed by atoms with van der Waals surface area (Å²) in [5.41, 5.74) is 0.458. The molecule has 3 aromatic rings. The first-order valence-corrected chi connectivity index (χ1v) is 9.52. The molecule has 4 nitrogen and oxygen atoms in total. The fraction of sp³-hybridized carbons (Fsp3) is 0.250. The van der Waals surface area contributed by atoms with Crippen molar-refractivity contribution in [2.75, 3.05) is 31.1 Å². The topological polar surface area (TPSA) is 36.7 Å². The molecule has 4 rings (SSSR count). The normalized spacial score (nSPS) is 15.3. The monoisotopic (exact) mass is 452 g/mol. The molecule has 1 aromatic heterocycles. The third kappa shape index (κ3) is 3.61. The number of fused-ring (bicyclic) bond motifs is 1. The van der Waals surface area contributed by atoms with Crippen LogP contribution in [0, 0.1) is 0 Å². The van der Waals surface area contributed by atoms with Crippen LogP contribution in [0.25, 0.3) is 11.0 Å². The summed E-state index contributed by atoms with van der Waals surface area (Å²) in [6.45, 7) is 1.73. The van der Waals surface area contributed by atoms with E-state index in [9.17, 15) is 18.0 Å². The lowest BCUT2D eigenvalue weighted by Crippen LogP contribution is -2.48. The van der Waals surface area contributed by atoms with E-state index in [4.69, 9.17) is 4.42 Å². The van der Waals surface area contributed by atoms with Crippen molar-refractivity contribution >= 4 is 38.5 Å². The summed E-state index contributed by atoms with van der Waals surface area (Å²) < 4.78 is 45.2. The van der Waals surface area contributed by atoms with E-state index < -0.39 is 11.7 Å². The number of alkyl halides is 3. The molecule has 0 aliphatic carbocycles. The Morgan fingerprint density at radius 2 is 1.71 bits per heavy atom. The summed E-state index contributed by atoms with van der Waals surface area (Å²) >= 11 is 3.40. The molecule has 1 amide bonds. The predicted octanol–water partition coefficient (Wildman–Crippen LogP) is 5.18. The molecule has 28 heavy (non-hydrogen) atoms. The van der Waals surface area contributed by atoms with Gasteiger partial charge in [0.1, 0.15) is 5.58 Å². The lowest BCUT2D eigenvalue weighted by atomic mass is 10.1. The molecular weight excluding hydrogens is 437 g/mol. The second-order valence-corrected chi connectivity index (χ2v) is 7.45. The molecule has 0 saturated carbocycles. The van der Waals surface area contributed by atoms with Crippen LogP contribution in [0.5, 0.6) is 0 Å². The molecule has 0 radical (unpaired) electrons. The van der Waals surface area contributed by atoms with Gasteiger partial charge in [-0.05, 0) is 46.3 Å². The van der Waals surface area contributed by atoms with E-state index in [0.29, 0.717) is 37.4 Å². The number of piperazine rings is 1. The largest absolute Gasteiger partial charge is 0.450 e. The number of hydrogen-bond acceptors (Lipinski definition) is 3. The van der Waals surface area contributed by atoms with E-state index in [1.165, 1.54) is 6.07 Å². The molecule has 2 heterocycles. The number of benzene rings is 2. The average molecular weight is 453 g/mol. The molecule has 1 aliphatic rings. The molecule has 0 spiro atoms. The Morgan fingerprint density at radius 3 is 2.39 bits per heavy atom. The number of rotatable bonds is 2. The smallest absolute Gasteiger partial charge is 0.416 e. The first-order chi connectivity index (χ1) is 13.3. The van der Waals surface area contributed by atoms with Crippen molar-refractivity contribution in [3.63, 3.8) is 0 Å². The van der Waals surface area contributed by atoms with E-state index in [1.54, 1.807) is 17.0 Å². The molecule has 0 unspecified atom stereocenters. The Hall–Kier alpha value is -2.48. The Bertz CT molecular complexity index is 1020. The molecule has 1 fully saturated rings. The molecule has 8 heteroatoms. The maximum atomic E-state index is 12.9. The van der Waals surface area contributed by atoms with Crippen LogP contribution in [0.3, 0.4) is 0 Å². The van der Waals surface area contributed by atoms with Crippen LogP contribution in [-0.4, -0.2) is 37.0 Å². The first kappa shape index (κ1) is 18.9. The van der Waals surface area contributed by atoms with Gasteiger partial charge < -0.3 is 14.2 Å². The van der Waals surface area contributed by atoms with E-state index in [1.807, 2.05) is 23.1 Å². The SMILES string of the molecule is O=C(c1cc2cccc(Br)c2o1)N1CCN(c2cccc(C(F)(F)F)c2)CC1. The molecule has 0 bridgehead atoms. The number of nitrogens with zero attached hydrogens (tertiary/aromatic N) is 2. The summed E-state index contributed by atoms with van der Waals surface area (Å²) in [5.74, 6) is 0.0428. The standard InChI is InChI=1S/C20H16BrF3N2O2/c21-16-6-1-3-13-11-17(28-18(13)16)19(27)26-9-7-25(8-10-26)15-5-2-4-14(12-15)20(22,23)24/h1-6,11-12H,7-10H2. The molecule has 0 N–H and O–H groups in total. The molecule has 2 aromatic carbocycles. The van der Waals surface area contributed by atoms with Gasteiger partial charge in [0, 0.05) is 37.3 Å². The fourth-order valence-corrected chi connectivity index (χ4v) is 3.80. The lowest BCUT2D eigenvalue weighted by Gasteiger charge is -2.36. The van der Waals surface area contributed by atoms with Gasteiger partial charge >= 0.3 is 6.18 Å². The number of para-hydroxylation sites is 1. The molecule has 0 atom stereocenters. The fourth-order valence-electron chi connectivity index (χ4n) is 3.34. The average Bonchev–Trinajstić information content (AvgIpc) is 3.13. The molecular formula is C20H16BrF3N2O2. The van der Waals surface area contributed by atoms with Crippen LogP contribution in [0.2, 0.25) is 0 Å². The maximum absolute atomic E-state index is 12.9. The number of furan rings is 1. The van der Waals surface area contributed by atoms with Gasteiger partial charge in [-0.1, -0.05) is 18.2 Å². The zero-order valence-corrected chi connectivity index (χ0v) is 16.3. The van der Waals surface area contributed by atoms with Crippen molar-refractivity contribution in [2.24, 2.45) is 0 Å². The molecule has 1 aliphatic heterocycles. The minimum Gasteiger partial charge on any atom is -0.450 e. The summed E-state index contributed by atoms with van der Waals surface area (Å²) in [5, 5.41) is 0.834. The van der Waals surface area contributed by atoms with Crippen molar-refractivity contribution < 1.29 is 22.4 Å². The van der Waals surface area contributed by atoms with Gasteiger partial charge in [-0.25, -0.2) is 0 Å². The Labute approximate surface area is 167 Å². The van der Waals surface area contributed by atoms with Gasteiger partial charge in [0.2, 0.25) is 0 Å². The van der Waals surface area contributed by atoms with Gasteiger partial charge in [0.25, 0.3) is 5.91 Å². The number of halogens is 4. The second kappa shape index (κ2) is 7.16. The molecule has 146 valence electrons. The van der Waals surface area contributed by atoms with Gasteiger partial charge in [0.15, 0.2) is 5.76 Å². The van der Waals surface area contributed by atoms with Crippen LogP contribution < -0.4 is 4.90 Å². The summed E-state index contributed by atoms with van der Waals surface area (Å²) in [4.78, 5) is 16.3. The Morgan fingerprint density at radius 1 is 1.00 bits per heavy atom.